The summed E-state index contributed by atoms with van der Waals surface area (Å²) in [4.78, 5) is 28.4. The number of anilines is 2. The van der Waals surface area contributed by atoms with Crippen LogP contribution in [0.3, 0.4) is 0 Å². The lowest BCUT2D eigenvalue weighted by Gasteiger charge is -2.15. The Bertz CT molecular complexity index is 1010. The van der Waals surface area contributed by atoms with Gasteiger partial charge in [-0.25, -0.2) is 4.90 Å². The van der Waals surface area contributed by atoms with E-state index >= 15 is 0 Å². The van der Waals surface area contributed by atoms with Gasteiger partial charge in [-0.15, -0.1) is 11.3 Å². The van der Waals surface area contributed by atoms with Crippen LogP contribution in [0, 0.1) is 0 Å². The number of para-hydroxylation sites is 1. The minimum atomic E-state index is -0.337. The fourth-order valence-electron chi connectivity index (χ4n) is 3.08. The molecule has 1 aliphatic heterocycles. The molecule has 4 nitrogen and oxygen atoms in total. The van der Waals surface area contributed by atoms with Gasteiger partial charge in [0.05, 0.1) is 11.3 Å². The number of nitrogens with one attached hydrogen (secondary N) is 1. The number of rotatable bonds is 5. The van der Waals surface area contributed by atoms with Gasteiger partial charge in [-0.1, -0.05) is 43.3 Å². The van der Waals surface area contributed by atoms with E-state index in [-0.39, 0.29) is 11.8 Å². The minimum absolute atomic E-state index is 0.301. The maximum absolute atomic E-state index is 13.2. The number of benzene rings is 2. The summed E-state index contributed by atoms with van der Waals surface area (Å²) in [6.07, 6.45) is 0.904. The first kappa shape index (κ1) is 17.2. The topological polar surface area (TPSA) is 49.4 Å². The fraction of sp³-hybridized carbons (Fsp3) is 0.0909. The second kappa shape index (κ2) is 7.21. The summed E-state index contributed by atoms with van der Waals surface area (Å²) in [5, 5.41) is 5.06. The maximum Gasteiger partial charge on any atom is 0.282 e. The maximum atomic E-state index is 13.2. The van der Waals surface area contributed by atoms with Crippen molar-refractivity contribution in [1.82, 2.24) is 0 Å². The lowest BCUT2D eigenvalue weighted by atomic mass is 10.1. The Kier molecular flexibility index (Phi) is 4.60. The van der Waals surface area contributed by atoms with E-state index in [2.05, 4.69) is 12.2 Å². The molecule has 2 heterocycles. The summed E-state index contributed by atoms with van der Waals surface area (Å²) >= 11 is 1.45. The highest BCUT2D eigenvalue weighted by molar-refractivity contribution is 7.11. The molecule has 5 heteroatoms. The van der Waals surface area contributed by atoms with Crippen LogP contribution in [0.5, 0.6) is 0 Å². The molecule has 2 aromatic carbocycles. The average Bonchev–Trinajstić information content (AvgIpc) is 3.30. The molecule has 0 saturated heterocycles. The van der Waals surface area contributed by atoms with Gasteiger partial charge >= 0.3 is 0 Å². The van der Waals surface area contributed by atoms with Crippen molar-refractivity contribution in [3.8, 4) is 0 Å². The number of nitrogens with zero attached hydrogens (tertiary/aromatic N) is 1. The lowest BCUT2D eigenvalue weighted by molar-refractivity contribution is -0.120. The fourth-order valence-corrected chi connectivity index (χ4v) is 3.84. The highest BCUT2D eigenvalue weighted by atomic mass is 32.1. The Labute approximate surface area is 161 Å². The van der Waals surface area contributed by atoms with Crippen LogP contribution in [0.1, 0.15) is 17.4 Å². The lowest BCUT2D eigenvalue weighted by Crippen LogP contribution is -2.32. The predicted octanol–water partition coefficient (Wildman–Crippen LogP) is 4.71. The van der Waals surface area contributed by atoms with E-state index in [0.717, 1.165) is 22.5 Å². The Morgan fingerprint density at radius 3 is 2.26 bits per heavy atom. The molecule has 2 amide bonds. The molecule has 0 bridgehead atoms. The van der Waals surface area contributed by atoms with Crippen molar-refractivity contribution in [3.05, 3.63) is 88.2 Å². The van der Waals surface area contributed by atoms with Crippen LogP contribution in [-0.2, 0) is 16.0 Å². The van der Waals surface area contributed by atoms with E-state index in [1.165, 1.54) is 16.2 Å². The van der Waals surface area contributed by atoms with E-state index in [9.17, 15) is 9.59 Å². The smallest absolute Gasteiger partial charge is 0.282 e. The average molecular weight is 374 g/mol. The van der Waals surface area contributed by atoms with Crippen LogP contribution >= 0.6 is 11.3 Å². The summed E-state index contributed by atoms with van der Waals surface area (Å²) in [5.74, 6) is -0.637. The van der Waals surface area contributed by atoms with Gasteiger partial charge in [0.2, 0.25) is 0 Å². The van der Waals surface area contributed by atoms with E-state index in [1.54, 1.807) is 0 Å². The molecule has 0 radical (unpaired) electrons. The number of carbonyl (C=O) groups excluding carboxylic acids is 2. The summed E-state index contributed by atoms with van der Waals surface area (Å²) in [6, 6.07) is 20.7. The Morgan fingerprint density at radius 2 is 1.63 bits per heavy atom. The summed E-state index contributed by atoms with van der Waals surface area (Å²) in [5.41, 5.74) is 3.24. The second-order valence-corrected chi connectivity index (χ2v) is 7.13. The third-order valence-corrected chi connectivity index (χ3v) is 5.38. The monoisotopic (exact) mass is 374 g/mol. The highest BCUT2D eigenvalue weighted by Crippen LogP contribution is 2.35. The molecule has 0 unspecified atom stereocenters. The Morgan fingerprint density at radius 1 is 0.889 bits per heavy atom. The first-order chi connectivity index (χ1) is 13.2. The van der Waals surface area contributed by atoms with Gasteiger partial charge in [0.15, 0.2) is 0 Å². The minimum Gasteiger partial charge on any atom is -0.350 e. The molecule has 3 aromatic rings. The van der Waals surface area contributed by atoms with Crippen molar-refractivity contribution in [1.29, 1.82) is 0 Å². The molecule has 0 saturated carbocycles. The molecule has 27 heavy (non-hydrogen) atoms. The zero-order chi connectivity index (χ0) is 18.8. The predicted molar refractivity (Wildman–Crippen MR) is 110 cm³/mol. The zero-order valence-corrected chi connectivity index (χ0v) is 15.6. The normalized spacial score (nSPS) is 14.2. The van der Waals surface area contributed by atoms with Crippen LogP contribution in [0.4, 0.5) is 11.4 Å². The van der Waals surface area contributed by atoms with Crippen LogP contribution < -0.4 is 10.2 Å². The number of hydrogen-bond acceptors (Lipinski definition) is 4. The van der Waals surface area contributed by atoms with Crippen LogP contribution in [0.15, 0.2) is 77.8 Å². The van der Waals surface area contributed by atoms with Crippen molar-refractivity contribution >= 4 is 40.1 Å². The van der Waals surface area contributed by atoms with Gasteiger partial charge < -0.3 is 5.32 Å². The standard InChI is InChI=1S/C22H18N2O2S/c1-2-15-10-12-17(13-11-15)24-21(25)19(18-9-6-14-27-18)20(22(24)26)23-16-7-4-3-5-8-16/h3-14,23H,2H2,1H3. The Hall–Kier alpha value is -3.18. The van der Waals surface area contributed by atoms with E-state index in [0.29, 0.717) is 17.0 Å². The molecule has 1 aliphatic rings. The Balaban J connectivity index is 1.76. The van der Waals surface area contributed by atoms with Gasteiger partial charge in [-0.3, -0.25) is 9.59 Å². The molecular formula is C22H18N2O2S. The molecule has 0 aliphatic carbocycles. The summed E-state index contributed by atoms with van der Waals surface area (Å²) in [6.45, 7) is 2.07. The number of aryl methyl sites for hydroxylation is 1. The first-order valence-electron chi connectivity index (χ1n) is 8.77. The number of thiophene rings is 1. The number of carbonyl (C=O) groups is 2. The largest absolute Gasteiger partial charge is 0.350 e. The van der Waals surface area contributed by atoms with Crippen molar-refractivity contribution in [2.45, 2.75) is 13.3 Å². The van der Waals surface area contributed by atoms with Crippen LogP contribution in [0.25, 0.3) is 5.57 Å². The third-order valence-electron chi connectivity index (χ3n) is 4.50. The first-order valence-corrected chi connectivity index (χ1v) is 9.65. The summed E-state index contributed by atoms with van der Waals surface area (Å²) < 4.78 is 0. The van der Waals surface area contributed by atoms with Gasteiger partial charge in [0.25, 0.3) is 11.8 Å². The summed E-state index contributed by atoms with van der Waals surface area (Å²) in [7, 11) is 0. The molecule has 1 aromatic heterocycles. The zero-order valence-electron chi connectivity index (χ0n) is 14.8. The molecule has 0 spiro atoms. The van der Waals surface area contributed by atoms with E-state index in [1.807, 2.05) is 72.1 Å². The molecular weight excluding hydrogens is 356 g/mol. The van der Waals surface area contributed by atoms with E-state index in [4.69, 9.17) is 0 Å². The molecule has 0 atom stereocenters. The number of hydrogen-bond donors (Lipinski definition) is 1. The molecule has 0 fully saturated rings. The third kappa shape index (κ3) is 3.17. The second-order valence-electron chi connectivity index (χ2n) is 6.18. The van der Waals surface area contributed by atoms with Crippen molar-refractivity contribution in [2.24, 2.45) is 0 Å². The van der Waals surface area contributed by atoms with Crippen LogP contribution in [0.2, 0.25) is 0 Å². The SMILES string of the molecule is CCc1ccc(N2C(=O)C(Nc3ccccc3)=C(c3cccs3)C2=O)cc1. The van der Waals surface area contributed by atoms with Crippen molar-refractivity contribution in [3.63, 3.8) is 0 Å². The van der Waals surface area contributed by atoms with Crippen molar-refractivity contribution in [2.75, 3.05) is 10.2 Å². The number of imide groups is 1. The number of amides is 2. The van der Waals surface area contributed by atoms with Gasteiger partial charge in [-0.2, -0.15) is 0 Å². The molecule has 134 valence electrons. The van der Waals surface area contributed by atoms with Gasteiger partial charge in [0, 0.05) is 10.6 Å². The highest BCUT2D eigenvalue weighted by Gasteiger charge is 2.40. The van der Waals surface area contributed by atoms with Gasteiger partial charge in [-0.05, 0) is 47.7 Å². The van der Waals surface area contributed by atoms with E-state index < -0.39 is 0 Å². The molecule has 1 N–H and O–H groups in total. The van der Waals surface area contributed by atoms with Crippen molar-refractivity contribution < 1.29 is 9.59 Å². The van der Waals surface area contributed by atoms with Crippen LogP contribution in [-0.4, -0.2) is 11.8 Å². The van der Waals surface area contributed by atoms with Gasteiger partial charge in [0.1, 0.15) is 5.70 Å². The quantitative estimate of drug-likeness (QED) is 0.658. The molecule has 4 rings (SSSR count).